The number of pyridine rings is 1. The maximum atomic E-state index is 11.4. The van der Waals surface area contributed by atoms with Crippen LogP contribution in [0.15, 0.2) is 18.3 Å². The van der Waals surface area contributed by atoms with Gasteiger partial charge in [0.05, 0.1) is 12.6 Å². The lowest BCUT2D eigenvalue weighted by atomic mass is 10.0. The number of hydrogen-bond acceptors (Lipinski definition) is 8. The minimum Gasteiger partial charge on any atom is -0.504 e. The number of aromatic nitrogens is 1. The normalized spacial score (nSPS) is 18.8. The van der Waals surface area contributed by atoms with Crippen molar-refractivity contribution in [1.82, 2.24) is 20.1 Å². The Balaban J connectivity index is 0. The Hall–Kier alpha value is -3.72. The summed E-state index contributed by atoms with van der Waals surface area (Å²) in [6, 6.07) is 4.93. The molecule has 1 aromatic heterocycles. The second-order valence-electron chi connectivity index (χ2n) is 10.1. The molecule has 0 aliphatic carbocycles. The second kappa shape index (κ2) is 24.3. The summed E-state index contributed by atoms with van der Waals surface area (Å²) < 4.78 is 4.25. The van der Waals surface area contributed by atoms with Gasteiger partial charge in [0.1, 0.15) is 6.04 Å². The highest BCUT2D eigenvalue weighted by atomic mass is 16.4. The number of carbonyl (C=O) groups excluding carboxylic acids is 4. The first-order chi connectivity index (χ1) is 19.0. The summed E-state index contributed by atoms with van der Waals surface area (Å²) in [6.07, 6.45) is 6.37. The third-order valence-electron chi connectivity index (χ3n) is 5.16. The second-order valence-corrected chi connectivity index (χ2v) is 10.1. The van der Waals surface area contributed by atoms with Gasteiger partial charge in [0.2, 0.25) is 25.1 Å². The number of amides is 4. The summed E-state index contributed by atoms with van der Waals surface area (Å²) in [4.78, 5) is 48.6. The van der Waals surface area contributed by atoms with E-state index in [0.29, 0.717) is 24.7 Å². The highest BCUT2D eigenvalue weighted by Crippen LogP contribution is 2.20. The maximum absolute atomic E-state index is 11.4. The molecular weight excluding hydrogens is 516 g/mol. The van der Waals surface area contributed by atoms with Crippen LogP contribution in [-0.4, -0.2) is 91.5 Å². The summed E-state index contributed by atoms with van der Waals surface area (Å²) in [6.45, 7) is 13.2. The number of nitrogens with one attached hydrogen (secondary N) is 2. The Labute approximate surface area is 239 Å². The number of carbonyl (C=O) groups is 4. The maximum Gasteiger partial charge on any atom is 0.241 e. The van der Waals surface area contributed by atoms with E-state index in [-0.39, 0.29) is 30.1 Å². The fourth-order valence-electron chi connectivity index (χ4n) is 3.54. The molecule has 40 heavy (non-hydrogen) atoms. The van der Waals surface area contributed by atoms with Crippen molar-refractivity contribution in [2.45, 2.75) is 59.9 Å². The first-order valence-corrected chi connectivity index (χ1v) is 13.3. The summed E-state index contributed by atoms with van der Waals surface area (Å²) in [5.74, 6) is 2.08. The van der Waals surface area contributed by atoms with Gasteiger partial charge in [0, 0.05) is 40.1 Å². The number of rotatable bonds is 6. The van der Waals surface area contributed by atoms with Gasteiger partial charge in [0.15, 0.2) is 11.6 Å². The van der Waals surface area contributed by atoms with Crippen LogP contribution < -0.4 is 10.6 Å². The fraction of sp³-hybridized carbons (Fsp3) is 0.643. The molecule has 226 valence electrons. The minimum absolute atomic E-state index is 0.0265. The van der Waals surface area contributed by atoms with Crippen molar-refractivity contribution < 1.29 is 29.0 Å². The molecule has 0 saturated carbocycles. The number of hydrogen-bond donors (Lipinski definition) is 3. The predicted octanol–water partition coefficient (Wildman–Crippen LogP) is 2.65. The topological polar surface area (TPSA) is 165 Å². The van der Waals surface area contributed by atoms with Crippen LogP contribution in [-0.2, 0) is 23.9 Å². The number of aromatic hydroxyl groups is 1. The molecule has 0 spiro atoms. The lowest BCUT2D eigenvalue weighted by Crippen LogP contribution is -2.43. The summed E-state index contributed by atoms with van der Waals surface area (Å²) in [5.41, 5.74) is 0. The largest absolute Gasteiger partial charge is 0.504 e. The van der Waals surface area contributed by atoms with Crippen molar-refractivity contribution in [3.8, 4) is 11.8 Å². The van der Waals surface area contributed by atoms with Gasteiger partial charge in [-0.05, 0) is 49.1 Å². The van der Waals surface area contributed by atoms with E-state index in [1.54, 1.807) is 25.2 Å². The molecule has 3 N–H and O–H groups in total. The highest BCUT2D eigenvalue weighted by molar-refractivity contribution is 5.80. The monoisotopic (exact) mass is 564 g/mol. The van der Waals surface area contributed by atoms with Gasteiger partial charge in [0.25, 0.3) is 0 Å². The Morgan fingerprint density at radius 1 is 1.20 bits per heavy atom. The van der Waals surface area contributed by atoms with E-state index in [0.717, 1.165) is 44.8 Å². The number of ether oxygens (including phenoxy) is 1. The summed E-state index contributed by atoms with van der Waals surface area (Å²) in [5, 5.41) is 22.1. The smallest absolute Gasteiger partial charge is 0.241 e. The van der Waals surface area contributed by atoms with E-state index >= 15 is 0 Å². The van der Waals surface area contributed by atoms with Gasteiger partial charge in [-0.2, -0.15) is 5.26 Å². The molecule has 0 bridgehead atoms. The van der Waals surface area contributed by atoms with E-state index in [1.165, 1.54) is 18.7 Å². The SMILES string of the molecule is CC(C)C.CC1CC(C#N)N(C=O)C1.COC.C[C@@H]1CCCN(C(=O)CNC=O)C1.O=CNc1ncccc1O. The molecule has 2 unspecified atom stereocenters. The zero-order chi connectivity index (χ0) is 30.9. The van der Waals surface area contributed by atoms with E-state index in [1.807, 2.05) is 11.8 Å². The third-order valence-corrected chi connectivity index (χ3v) is 5.16. The number of methoxy groups -OCH3 is 1. The van der Waals surface area contributed by atoms with Crippen molar-refractivity contribution in [2.75, 3.05) is 45.7 Å². The Morgan fingerprint density at radius 2 is 1.82 bits per heavy atom. The summed E-state index contributed by atoms with van der Waals surface area (Å²) in [7, 11) is 3.25. The molecule has 0 aromatic carbocycles. The van der Waals surface area contributed by atoms with Crippen LogP contribution in [0.4, 0.5) is 5.82 Å². The van der Waals surface area contributed by atoms with Crippen molar-refractivity contribution >= 4 is 31.0 Å². The van der Waals surface area contributed by atoms with Crippen molar-refractivity contribution in [2.24, 2.45) is 17.8 Å². The molecule has 0 radical (unpaired) electrons. The van der Waals surface area contributed by atoms with Gasteiger partial charge >= 0.3 is 0 Å². The van der Waals surface area contributed by atoms with Gasteiger partial charge in [-0.1, -0.05) is 34.6 Å². The van der Waals surface area contributed by atoms with E-state index in [2.05, 4.69) is 54.1 Å². The van der Waals surface area contributed by atoms with Crippen LogP contribution in [0.25, 0.3) is 0 Å². The third kappa shape index (κ3) is 19.4. The molecule has 1 aromatic rings. The molecule has 12 heteroatoms. The van der Waals surface area contributed by atoms with Gasteiger partial charge in [-0.25, -0.2) is 4.98 Å². The number of likely N-dealkylation sites (tertiary alicyclic amines) is 2. The lowest BCUT2D eigenvalue weighted by molar-refractivity contribution is -0.132. The van der Waals surface area contributed by atoms with E-state index in [4.69, 9.17) is 10.4 Å². The molecule has 3 heterocycles. The average Bonchev–Trinajstić information content (AvgIpc) is 3.29. The van der Waals surface area contributed by atoms with Crippen LogP contribution in [0.5, 0.6) is 5.75 Å². The molecule has 2 aliphatic heterocycles. The van der Waals surface area contributed by atoms with E-state index < -0.39 is 0 Å². The number of piperidine rings is 1. The molecule has 3 rings (SSSR count). The molecule has 2 aliphatic rings. The van der Waals surface area contributed by atoms with Crippen molar-refractivity contribution in [1.29, 1.82) is 5.26 Å². The first kappa shape index (κ1) is 38.4. The number of nitriles is 1. The van der Waals surface area contributed by atoms with Gasteiger partial charge in [-0.3, -0.25) is 19.2 Å². The van der Waals surface area contributed by atoms with E-state index in [9.17, 15) is 19.2 Å². The number of nitrogens with zero attached hydrogens (tertiary/aromatic N) is 4. The van der Waals surface area contributed by atoms with Crippen molar-refractivity contribution in [3.05, 3.63) is 18.3 Å². The Kier molecular flexibility index (Phi) is 23.4. The van der Waals surface area contributed by atoms with Crippen LogP contribution in [0.1, 0.15) is 53.9 Å². The lowest BCUT2D eigenvalue weighted by Gasteiger charge is -2.30. The van der Waals surface area contributed by atoms with Crippen LogP contribution in [0.3, 0.4) is 0 Å². The standard InChI is InChI=1S/C9H16N2O2.C7H10N2O.C6H6N2O2.C4H10.C2H6O/c1-8-3-2-4-11(6-8)9(13)5-10-7-12;1-6-2-7(3-8)9(4-6)5-10;9-4-8-6-5(10)2-1-3-7-6;1-4(2)3;1-3-2/h7-8H,2-6H2,1H3,(H,10,12);5-7H,2,4H2,1H3;1-4,10H,(H,7,8,9);4H,1-3H3;1-2H3/t8-;;;;/m1..../s1. The van der Waals surface area contributed by atoms with Crippen LogP contribution >= 0.6 is 0 Å². The molecule has 2 saturated heterocycles. The van der Waals surface area contributed by atoms with Gasteiger partial charge in [-0.15, -0.1) is 0 Å². The highest BCUT2D eigenvalue weighted by Gasteiger charge is 2.27. The average molecular weight is 565 g/mol. The fourth-order valence-corrected chi connectivity index (χ4v) is 3.54. The van der Waals surface area contributed by atoms with Gasteiger partial charge < -0.3 is 30.3 Å². The van der Waals surface area contributed by atoms with Crippen LogP contribution in [0.2, 0.25) is 0 Å². The van der Waals surface area contributed by atoms with Crippen LogP contribution in [0, 0.1) is 29.1 Å². The Bertz CT molecular complexity index is 876. The minimum atomic E-state index is -0.174. The Morgan fingerprint density at radius 3 is 2.27 bits per heavy atom. The predicted molar refractivity (Wildman–Crippen MR) is 154 cm³/mol. The zero-order valence-electron chi connectivity index (χ0n) is 25.0. The molecule has 2 fully saturated rings. The molecule has 4 amide bonds. The molecule has 12 nitrogen and oxygen atoms in total. The molecular formula is C28H48N6O6. The van der Waals surface area contributed by atoms with Crippen molar-refractivity contribution in [3.63, 3.8) is 0 Å². The molecule has 3 atom stereocenters. The quantitative estimate of drug-likeness (QED) is 0.444. The zero-order valence-corrected chi connectivity index (χ0v) is 25.0. The number of anilines is 1. The first-order valence-electron chi connectivity index (χ1n) is 13.3. The summed E-state index contributed by atoms with van der Waals surface area (Å²) >= 11 is 0.